The van der Waals surface area contributed by atoms with E-state index in [1.165, 1.54) is 25.3 Å². The molecule has 0 aromatic carbocycles. The number of alkyl halides is 5. The highest BCUT2D eigenvalue weighted by Gasteiger charge is 2.35. The minimum atomic E-state index is -4.81. The van der Waals surface area contributed by atoms with Gasteiger partial charge in [0.2, 0.25) is 5.91 Å². The third-order valence-electron chi connectivity index (χ3n) is 4.68. The number of nitrogens with two attached hydrogens (primary N) is 1. The maximum atomic E-state index is 13.4. The molecule has 0 aliphatic carbocycles. The topological polar surface area (TPSA) is 116 Å². The Hall–Kier alpha value is -3.81. The van der Waals surface area contributed by atoms with Crippen LogP contribution in [0.25, 0.3) is 21.5 Å². The fourth-order valence-corrected chi connectivity index (χ4v) is 4.35. The van der Waals surface area contributed by atoms with Crippen molar-refractivity contribution in [2.24, 2.45) is 5.73 Å². The van der Waals surface area contributed by atoms with Crippen LogP contribution >= 0.6 is 11.3 Å². The van der Waals surface area contributed by atoms with Gasteiger partial charge in [0.15, 0.2) is 0 Å². The van der Waals surface area contributed by atoms with E-state index in [1.54, 1.807) is 0 Å². The average Bonchev–Trinajstić information content (AvgIpc) is 3.46. The second-order valence-corrected chi connectivity index (χ2v) is 8.10. The molecule has 0 radical (unpaired) electrons. The third-order valence-corrected chi connectivity index (χ3v) is 5.78. The van der Waals surface area contributed by atoms with Gasteiger partial charge in [-0.2, -0.15) is 18.3 Å². The quantitative estimate of drug-likeness (QED) is 0.371. The van der Waals surface area contributed by atoms with Crippen LogP contribution in [0.3, 0.4) is 0 Å². The number of halogens is 5. The first-order chi connectivity index (χ1) is 16.0. The van der Waals surface area contributed by atoms with Gasteiger partial charge in [0, 0.05) is 10.9 Å². The summed E-state index contributed by atoms with van der Waals surface area (Å²) in [5, 5.41) is 6.24. The Morgan fingerprint density at radius 2 is 2.03 bits per heavy atom. The van der Waals surface area contributed by atoms with E-state index in [-0.39, 0.29) is 37.8 Å². The number of amides is 2. The Kier molecular flexibility index (Phi) is 5.85. The fraction of sp³-hybridized carbons (Fsp3) is 0.200. The van der Waals surface area contributed by atoms with Crippen LogP contribution in [0.2, 0.25) is 0 Å². The molecule has 178 valence electrons. The number of pyridine rings is 1. The van der Waals surface area contributed by atoms with Crippen molar-refractivity contribution < 1.29 is 36.0 Å². The highest BCUT2D eigenvalue weighted by Crippen LogP contribution is 2.43. The molecule has 4 aromatic heterocycles. The fourth-order valence-electron chi connectivity index (χ4n) is 3.35. The number of rotatable bonds is 6. The van der Waals surface area contributed by atoms with Crippen LogP contribution in [0, 0.1) is 6.92 Å². The Balaban J connectivity index is 1.84. The number of fused-ring (bicyclic) bond motifs is 1. The third kappa shape index (κ3) is 4.35. The van der Waals surface area contributed by atoms with E-state index in [4.69, 9.17) is 10.2 Å². The first-order valence-electron chi connectivity index (χ1n) is 9.46. The van der Waals surface area contributed by atoms with Gasteiger partial charge in [-0.1, -0.05) is 0 Å². The van der Waals surface area contributed by atoms with Gasteiger partial charge in [-0.25, -0.2) is 13.8 Å². The number of carbonyl (C=O) groups excluding carboxylic acids is 2. The molecule has 0 bridgehead atoms. The van der Waals surface area contributed by atoms with Gasteiger partial charge in [0.05, 0.1) is 17.6 Å². The molecule has 2 amide bonds. The second-order valence-electron chi connectivity index (χ2n) is 7.10. The summed E-state index contributed by atoms with van der Waals surface area (Å²) in [7, 11) is 0. The molecule has 4 heterocycles. The SMILES string of the molecule is Cc1cc(C(F)F)n(CC(=O)Nc2c(C(N)=O)sc3nc(C(F)(F)F)cc(-c4ccco4)c23)n1. The predicted molar refractivity (Wildman–Crippen MR) is 111 cm³/mol. The average molecular weight is 499 g/mol. The molecule has 0 saturated carbocycles. The van der Waals surface area contributed by atoms with Gasteiger partial charge in [-0.3, -0.25) is 14.3 Å². The number of aromatic nitrogens is 3. The number of carbonyl (C=O) groups is 2. The van der Waals surface area contributed by atoms with Crippen LogP contribution in [-0.4, -0.2) is 26.6 Å². The summed E-state index contributed by atoms with van der Waals surface area (Å²) in [6.07, 6.45) is -6.47. The lowest BCUT2D eigenvalue weighted by Crippen LogP contribution is -2.22. The maximum Gasteiger partial charge on any atom is 0.433 e. The van der Waals surface area contributed by atoms with E-state index >= 15 is 0 Å². The van der Waals surface area contributed by atoms with Crippen LogP contribution < -0.4 is 11.1 Å². The molecule has 4 aromatic rings. The number of anilines is 1. The first kappa shape index (κ1) is 23.4. The van der Waals surface area contributed by atoms with Crippen molar-refractivity contribution in [3.63, 3.8) is 0 Å². The number of furan rings is 1. The van der Waals surface area contributed by atoms with E-state index in [1.807, 2.05) is 0 Å². The maximum absolute atomic E-state index is 13.4. The van der Waals surface area contributed by atoms with Gasteiger partial charge in [0.1, 0.15) is 33.4 Å². The van der Waals surface area contributed by atoms with Gasteiger partial charge in [0.25, 0.3) is 12.3 Å². The highest BCUT2D eigenvalue weighted by molar-refractivity contribution is 7.21. The molecular formula is C20H14F5N5O3S. The molecule has 0 aliphatic rings. The molecule has 0 fully saturated rings. The summed E-state index contributed by atoms with van der Waals surface area (Å²) in [6.45, 7) is 0.824. The van der Waals surface area contributed by atoms with Gasteiger partial charge >= 0.3 is 6.18 Å². The van der Waals surface area contributed by atoms with Gasteiger partial charge in [-0.15, -0.1) is 11.3 Å². The van der Waals surface area contributed by atoms with E-state index in [9.17, 15) is 31.5 Å². The van der Waals surface area contributed by atoms with E-state index in [0.29, 0.717) is 11.3 Å². The number of hydrogen-bond donors (Lipinski definition) is 2. The molecule has 3 N–H and O–H groups in total. The zero-order valence-corrected chi connectivity index (χ0v) is 17.9. The summed E-state index contributed by atoms with van der Waals surface area (Å²) in [5.41, 5.74) is 3.62. The lowest BCUT2D eigenvalue weighted by atomic mass is 10.1. The summed E-state index contributed by atoms with van der Waals surface area (Å²) >= 11 is 0.550. The van der Waals surface area contributed by atoms with Crippen molar-refractivity contribution in [2.45, 2.75) is 26.1 Å². The Labute approximate surface area is 191 Å². The summed E-state index contributed by atoms with van der Waals surface area (Å²) in [5.74, 6) is -1.87. The van der Waals surface area contributed by atoms with Crippen LogP contribution in [0.1, 0.15) is 33.2 Å². The summed E-state index contributed by atoms with van der Waals surface area (Å²) in [6, 6.07) is 4.68. The van der Waals surface area contributed by atoms with E-state index in [2.05, 4.69) is 15.4 Å². The standard InChI is InChI=1S/C20H14F5N5O3S/c1-8-5-10(17(21)22)30(29-8)7-13(31)28-15-14-9(11-3-2-4-33-11)6-12(20(23,24)25)27-19(14)34-16(15)18(26)32/h2-6,17H,7H2,1H3,(H2,26,32)(H,28,31). The molecule has 0 spiro atoms. The van der Waals surface area contributed by atoms with E-state index in [0.717, 1.165) is 16.8 Å². The number of hydrogen-bond acceptors (Lipinski definition) is 6. The minimum Gasteiger partial charge on any atom is -0.464 e. The highest BCUT2D eigenvalue weighted by atomic mass is 32.1. The summed E-state index contributed by atoms with van der Waals surface area (Å²) in [4.78, 5) is 27.9. The Morgan fingerprint density at radius 1 is 1.29 bits per heavy atom. The Morgan fingerprint density at radius 3 is 2.62 bits per heavy atom. The van der Waals surface area contributed by atoms with Crippen molar-refractivity contribution in [2.75, 3.05) is 5.32 Å². The molecular weight excluding hydrogens is 485 g/mol. The molecule has 34 heavy (non-hydrogen) atoms. The molecule has 8 nitrogen and oxygen atoms in total. The zero-order chi connectivity index (χ0) is 24.8. The molecule has 0 atom stereocenters. The van der Waals surface area contributed by atoms with Crippen molar-refractivity contribution in [3.05, 3.63) is 52.5 Å². The molecule has 0 saturated heterocycles. The van der Waals surface area contributed by atoms with E-state index < -0.39 is 42.3 Å². The Bertz CT molecular complexity index is 1390. The number of nitrogens with one attached hydrogen (secondary N) is 1. The summed E-state index contributed by atoms with van der Waals surface area (Å²) < 4.78 is 72.8. The molecule has 4 rings (SSSR count). The van der Waals surface area contributed by atoms with Gasteiger partial charge in [-0.05, 0) is 31.2 Å². The van der Waals surface area contributed by atoms with Gasteiger partial charge < -0.3 is 15.5 Å². The smallest absolute Gasteiger partial charge is 0.433 e. The number of thiophene rings is 1. The molecule has 0 unspecified atom stereocenters. The van der Waals surface area contributed by atoms with Crippen molar-refractivity contribution in [1.29, 1.82) is 0 Å². The molecule has 14 heteroatoms. The lowest BCUT2D eigenvalue weighted by molar-refractivity contribution is -0.140. The second kappa shape index (κ2) is 8.52. The molecule has 0 aliphatic heterocycles. The van der Waals surface area contributed by atoms with Crippen LogP contribution in [0.4, 0.5) is 27.6 Å². The number of nitrogens with zero attached hydrogens (tertiary/aromatic N) is 3. The number of primary amides is 1. The van der Waals surface area contributed by atoms with Crippen LogP contribution in [0.5, 0.6) is 0 Å². The minimum absolute atomic E-state index is 0.0131. The predicted octanol–water partition coefficient (Wildman–Crippen LogP) is 4.76. The first-order valence-corrected chi connectivity index (χ1v) is 10.3. The lowest BCUT2D eigenvalue weighted by Gasteiger charge is -2.11. The monoisotopic (exact) mass is 499 g/mol. The van der Waals surface area contributed by atoms with Crippen molar-refractivity contribution in [1.82, 2.24) is 14.8 Å². The van der Waals surface area contributed by atoms with Crippen molar-refractivity contribution in [3.8, 4) is 11.3 Å². The zero-order valence-electron chi connectivity index (χ0n) is 17.1. The van der Waals surface area contributed by atoms with Crippen LogP contribution in [-0.2, 0) is 17.5 Å². The van der Waals surface area contributed by atoms with Crippen LogP contribution in [0.15, 0.2) is 34.9 Å². The normalized spacial score (nSPS) is 12.0. The number of aryl methyl sites for hydroxylation is 1. The largest absolute Gasteiger partial charge is 0.464 e. The van der Waals surface area contributed by atoms with Crippen molar-refractivity contribution >= 4 is 39.1 Å².